The van der Waals surface area contributed by atoms with Crippen molar-refractivity contribution in [2.24, 2.45) is 0 Å². The standard InChI is InChI=1S/C16H18F3N3O3S/c1-10(2)21-14-13(8-20-22(15(14)23)9-16(17,18)19)11-4-6-12(7-5-11)26(3,24)25/h4-8,10,21H,9H2,1-3H3. The molecule has 10 heteroatoms. The number of rotatable bonds is 5. The third-order valence-electron chi connectivity index (χ3n) is 3.40. The molecule has 0 spiro atoms. The van der Waals surface area contributed by atoms with Gasteiger partial charge in [0.15, 0.2) is 9.84 Å². The van der Waals surface area contributed by atoms with E-state index in [0.29, 0.717) is 15.8 Å². The minimum absolute atomic E-state index is 0.0219. The molecule has 2 aromatic rings. The Morgan fingerprint density at radius 3 is 2.23 bits per heavy atom. The quantitative estimate of drug-likeness (QED) is 0.850. The Morgan fingerprint density at radius 2 is 1.77 bits per heavy atom. The van der Waals surface area contributed by atoms with Gasteiger partial charge in [0.05, 0.1) is 11.1 Å². The Balaban J connectivity index is 2.57. The highest BCUT2D eigenvalue weighted by Crippen LogP contribution is 2.27. The van der Waals surface area contributed by atoms with Crippen molar-refractivity contribution in [2.75, 3.05) is 11.6 Å². The van der Waals surface area contributed by atoms with Crippen LogP contribution in [-0.4, -0.2) is 36.7 Å². The van der Waals surface area contributed by atoms with Crippen LogP contribution >= 0.6 is 0 Å². The third-order valence-corrected chi connectivity index (χ3v) is 4.53. The largest absolute Gasteiger partial charge is 0.408 e. The first-order valence-electron chi connectivity index (χ1n) is 7.62. The number of nitrogens with one attached hydrogen (secondary N) is 1. The van der Waals surface area contributed by atoms with Crippen LogP contribution in [0.25, 0.3) is 11.1 Å². The second kappa shape index (κ2) is 7.10. The van der Waals surface area contributed by atoms with Crippen LogP contribution in [0.1, 0.15) is 13.8 Å². The van der Waals surface area contributed by atoms with Gasteiger partial charge < -0.3 is 5.32 Å². The number of aromatic nitrogens is 2. The maximum absolute atomic E-state index is 12.6. The summed E-state index contributed by atoms with van der Waals surface area (Å²) in [4.78, 5) is 12.5. The fraction of sp³-hybridized carbons (Fsp3) is 0.375. The lowest BCUT2D eigenvalue weighted by molar-refractivity contribution is -0.143. The van der Waals surface area contributed by atoms with E-state index in [0.717, 1.165) is 12.5 Å². The minimum atomic E-state index is -4.58. The molecule has 0 bridgehead atoms. The smallest absolute Gasteiger partial charge is 0.378 e. The van der Waals surface area contributed by atoms with E-state index >= 15 is 0 Å². The Labute approximate surface area is 148 Å². The topological polar surface area (TPSA) is 81.1 Å². The van der Waals surface area contributed by atoms with Crippen LogP contribution in [-0.2, 0) is 16.4 Å². The van der Waals surface area contributed by atoms with Crippen LogP contribution in [0.15, 0.2) is 40.2 Å². The SMILES string of the molecule is CC(C)Nc1c(-c2ccc(S(C)(=O)=O)cc2)cnn(CC(F)(F)F)c1=O. The van der Waals surface area contributed by atoms with Gasteiger partial charge >= 0.3 is 6.18 Å². The second-order valence-electron chi connectivity index (χ2n) is 6.11. The molecule has 0 amide bonds. The predicted molar refractivity (Wildman–Crippen MR) is 91.9 cm³/mol. The lowest BCUT2D eigenvalue weighted by Gasteiger charge is -2.16. The second-order valence-corrected chi connectivity index (χ2v) is 8.12. The van der Waals surface area contributed by atoms with E-state index in [-0.39, 0.29) is 16.6 Å². The highest BCUT2D eigenvalue weighted by atomic mass is 32.2. The fourth-order valence-corrected chi connectivity index (χ4v) is 2.93. The van der Waals surface area contributed by atoms with Crippen molar-refractivity contribution < 1.29 is 21.6 Å². The maximum Gasteiger partial charge on any atom is 0.408 e. The molecule has 1 aromatic heterocycles. The minimum Gasteiger partial charge on any atom is -0.378 e. The van der Waals surface area contributed by atoms with Gasteiger partial charge in [-0.05, 0) is 31.5 Å². The van der Waals surface area contributed by atoms with Crippen LogP contribution in [0.4, 0.5) is 18.9 Å². The van der Waals surface area contributed by atoms with Gasteiger partial charge in [0.25, 0.3) is 5.56 Å². The van der Waals surface area contributed by atoms with Crippen LogP contribution in [0.3, 0.4) is 0 Å². The molecule has 0 atom stereocenters. The monoisotopic (exact) mass is 389 g/mol. The summed E-state index contributed by atoms with van der Waals surface area (Å²) in [5.41, 5.74) is -0.168. The average molecular weight is 389 g/mol. The molecule has 1 aromatic carbocycles. The highest BCUT2D eigenvalue weighted by molar-refractivity contribution is 7.90. The number of hydrogen-bond donors (Lipinski definition) is 1. The molecule has 0 aliphatic heterocycles. The van der Waals surface area contributed by atoms with Gasteiger partial charge in [-0.2, -0.15) is 18.3 Å². The zero-order valence-corrected chi connectivity index (χ0v) is 15.1. The Kier molecular flexibility index (Phi) is 5.45. The van der Waals surface area contributed by atoms with Crippen molar-refractivity contribution in [2.45, 2.75) is 37.5 Å². The zero-order chi connectivity index (χ0) is 19.7. The molecule has 1 heterocycles. The van der Waals surface area contributed by atoms with Crippen LogP contribution in [0.5, 0.6) is 0 Å². The molecule has 142 valence electrons. The Morgan fingerprint density at radius 1 is 1.19 bits per heavy atom. The summed E-state index contributed by atoms with van der Waals surface area (Å²) in [6, 6.07) is 5.48. The summed E-state index contributed by atoms with van der Waals surface area (Å²) in [6.45, 7) is 1.99. The van der Waals surface area contributed by atoms with Crippen molar-refractivity contribution in [3.8, 4) is 11.1 Å². The fourth-order valence-electron chi connectivity index (χ4n) is 2.30. The van der Waals surface area contributed by atoms with E-state index in [4.69, 9.17) is 0 Å². The summed E-state index contributed by atoms with van der Waals surface area (Å²) >= 11 is 0. The number of anilines is 1. The summed E-state index contributed by atoms with van der Waals surface area (Å²) in [7, 11) is -3.39. The molecule has 0 unspecified atom stereocenters. The van der Waals surface area contributed by atoms with Crippen molar-refractivity contribution in [3.63, 3.8) is 0 Å². The van der Waals surface area contributed by atoms with Crippen LogP contribution in [0.2, 0.25) is 0 Å². The van der Waals surface area contributed by atoms with E-state index in [1.165, 1.54) is 24.3 Å². The van der Waals surface area contributed by atoms with Gasteiger partial charge in [0.2, 0.25) is 0 Å². The van der Waals surface area contributed by atoms with Crippen molar-refractivity contribution >= 4 is 15.5 Å². The summed E-state index contributed by atoms with van der Waals surface area (Å²) in [6.07, 6.45) is -2.36. The Hall–Kier alpha value is -2.36. The van der Waals surface area contributed by atoms with Crippen molar-refractivity contribution in [1.82, 2.24) is 9.78 Å². The number of hydrogen-bond acceptors (Lipinski definition) is 5. The van der Waals surface area contributed by atoms with Crippen LogP contribution < -0.4 is 10.9 Å². The number of benzene rings is 1. The number of halogens is 3. The molecule has 0 aliphatic rings. The molecule has 2 rings (SSSR count). The van der Waals surface area contributed by atoms with Gasteiger partial charge in [-0.3, -0.25) is 4.79 Å². The molecule has 0 aliphatic carbocycles. The molecule has 0 saturated heterocycles. The first kappa shape index (κ1) is 20.0. The van der Waals surface area contributed by atoms with Crippen molar-refractivity contribution in [1.29, 1.82) is 0 Å². The maximum atomic E-state index is 12.6. The molecule has 26 heavy (non-hydrogen) atoms. The highest BCUT2D eigenvalue weighted by Gasteiger charge is 2.30. The first-order chi connectivity index (χ1) is 11.9. The summed E-state index contributed by atoms with van der Waals surface area (Å²) in [5, 5.41) is 6.46. The molecular weight excluding hydrogens is 371 g/mol. The lowest BCUT2D eigenvalue weighted by Crippen LogP contribution is -2.33. The van der Waals surface area contributed by atoms with Gasteiger partial charge in [-0.1, -0.05) is 12.1 Å². The zero-order valence-electron chi connectivity index (χ0n) is 14.3. The van der Waals surface area contributed by atoms with E-state index in [1.807, 2.05) is 0 Å². The molecule has 6 nitrogen and oxygen atoms in total. The average Bonchev–Trinajstić information content (AvgIpc) is 2.49. The summed E-state index contributed by atoms with van der Waals surface area (Å²) in [5.74, 6) is 0. The molecule has 1 N–H and O–H groups in total. The van der Waals surface area contributed by atoms with Gasteiger partial charge in [0.1, 0.15) is 12.2 Å². The molecular formula is C16H18F3N3O3S. The predicted octanol–water partition coefficient (Wildman–Crippen LogP) is 2.70. The normalized spacial score (nSPS) is 12.4. The molecule has 0 radical (unpaired) electrons. The molecule has 0 fully saturated rings. The van der Waals surface area contributed by atoms with Crippen LogP contribution in [0, 0.1) is 0 Å². The van der Waals surface area contributed by atoms with E-state index < -0.39 is 28.1 Å². The lowest BCUT2D eigenvalue weighted by atomic mass is 10.1. The third kappa shape index (κ3) is 4.84. The van der Waals surface area contributed by atoms with E-state index in [9.17, 15) is 26.4 Å². The van der Waals surface area contributed by atoms with Gasteiger partial charge in [-0.15, -0.1) is 0 Å². The van der Waals surface area contributed by atoms with Gasteiger partial charge in [0, 0.05) is 17.9 Å². The Bertz CT molecular complexity index is 949. The van der Waals surface area contributed by atoms with Crippen molar-refractivity contribution in [3.05, 3.63) is 40.8 Å². The van der Waals surface area contributed by atoms with E-state index in [1.54, 1.807) is 13.8 Å². The number of alkyl halides is 3. The van der Waals surface area contributed by atoms with Gasteiger partial charge in [-0.25, -0.2) is 13.1 Å². The molecule has 0 saturated carbocycles. The number of nitrogens with zero attached hydrogens (tertiary/aromatic N) is 2. The number of sulfone groups is 1. The first-order valence-corrected chi connectivity index (χ1v) is 9.51. The van der Waals surface area contributed by atoms with E-state index in [2.05, 4.69) is 10.4 Å². The summed E-state index contributed by atoms with van der Waals surface area (Å²) < 4.78 is 61.3.